The fourth-order valence-corrected chi connectivity index (χ4v) is 1.73. The van der Waals surface area contributed by atoms with Gasteiger partial charge in [-0.25, -0.2) is 0 Å². The molecule has 0 heterocycles. The molecule has 1 unspecified atom stereocenters. The Balaban J connectivity index is 2.38. The quantitative estimate of drug-likeness (QED) is 0.754. The van der Waals surface area contributed by atoms with E-state index < -0.39 is 0 Å². The van der Waals surface area contributed by atoms with Gasteiger partial charge in [0.15, 0.2) is 0 Å². The summed E-state index contributed by atoms with van der Waals surface area (Å²) in [5.41, 5.74) is 0. The number of halogens is 2. The Bertz CT molecular complexity index is 398. The van der Waals surface area contributed by atoms with Crippen LogP contribution in [0.2, 0.25) is 5.02 Å². The van der Waals surface area contributed by atoms with Gasteiger partial charge in [0.1, 0.15) is 12.4 Å². The van der Waals surface area contributed by atoms with E-state index in [1.165, 1.54) is 0 Å². The summed E-state index contributed by atoms with van der Waals surface area (Å²) in [6.45, 7) is 2.72. The van der Waals surface area contributed by atoms with Crippen molar-refractivity contribution >= 4 is 29.1 Å². The number of hydrogen-bond acceptors (Lipinski definition) is 2. The van der Waals surface area contributed by atoms with Crippen LogP contribution in [0.1, 0.15) is 6.92 Å². The molecule has 0 N–H and O–H groups in total. The highest BCUT2D eigenvalue weighted by atomic mass is 35.5. The first-order chi connectivity index (χ1) is 8.56. The minimum Gasteiger partial charge on any atom is -0.490 e. The van der Waals surface area contributed by atoms with Gasteiger partial charge < -0.3 is 9.64 Å². The number of ether oxygens (including phenoxy) is 1. The van der Waals surface area contributed by atoms with Crippen LogP contribution in [-0.2, 0) is 4.79 Å². The van der Waals surface area contributed by atoms with Gasteiger partial charge in [-0.3, -0.25) is 4.79 Å². The second-order valence-electron chi connectivity index (χ2n) is 4.09. The molecule has 1 amide bonds. The predicted molar refractivity (Wildman–Crippen MR) is 74.5 cm³/mol. The molecule has 0 fully saturated rings. The topological polar surface area (TPSA) is 29.5 Å². The van der Waals surface area contributed by atoms with E-state index in [-0.39, 0.29) is 11.8 Å². The molecule has 0 saturated heterocycles. The van der Waals surface area contributed by atoms with Gasteiger partial charge in [0.2, 0.25) is 5.91 Å². The number of nitrogens with zero attached hydrogens (tertiary/aromatic N) is 1. The number of carbonyl (C=O) groups excluding carboxylic acids is 1. The fraction of sp³-hybridized carbons (Fsp3) is 0.462. The van der Waals surface area contributed by atoms with E-state index in [2.05, 4.69) is 0 Å². The van der Waals surface area contributed by atoms with Crippen molar-refractivity contribution in [2.24, 2.45) is 5.92 Å². The van der Waals surface area contributed by atoms with Crippen molar-refractivity contribution in [1.29, 1.82) is 0 Å². The van der Waals surface area contributed by atoms with E-state index >= 15 is 0 Å². The zero-order chi connectivity index (χ0) is 13.5. The third kappa shape index (κ3) is 4.39. The number of benzene rings is 1. The maximum absolute atomic E-state index is 11.7. The smallest absolute Gasteiger partial charge is 0.226 e. The predicted octanol–water partition coefficient (Wildman–Crippen LogP) is 3.05. The van der Waals surface area contributed by atoms with Crippen molar-refractivity contribution in [3.8, 4) is 5.75 Å². The van der Waals surface area contributed by atoms with Crippen LogP contribution in [0.25, 0.3) is 0 Å². The van der Waals surface area contributed by atoms with Crippen molar-refractivity contribution < 1.29 is 9.53 Å². The largest absolute Gasteiger partial charge is 0.490 e. The zero-order valence-corrected chi connectivity index (χ0v) is 12.0. The number of alkyl halides is 1. The maximum Gasteiger partial charge on any atom is 0.226 e. The van der Waals surface area contributed by atoms with E-state index in [1.807, 2.05) is 12.1 Å². The average Bonchev–Trinajstić information content (AvgIpc) is 2.39. The van der Waals surface area contributed by atoms with Crippen LogP contribution >= 0.6 is 23.2 Å². The Morgan fingerprint density at radius 3 is 2.72 bits per heavy atom. The number of amides is 1. The molecule has 0 radical (unpaired) electrons. The highest BCUT2D eigenvalue weighted by molar-refractivity contribution is 6.32. The molecular weight excluding hydrogens is 273 g/mol. The molecule has 0 aliphatic carbocycles. The highest BCUT2D eigenvalue weighted by Gasteiger charge is 2.16. The first-order valence-electron chi connectivity index (χ1n) is 5.74. The molecule has 0 aliphatic rings. The van der Waals surface area contributed by atoms with E-state index in [0.717, 1.165) is 0 Å². The van der Waals surface area contributed by atoms with Gasteiger partial charge in [-0.1, -0.05) is 30.7 Å². The lowest BCUT2D eigenvalue weighted by Crippen LogP contribution is -2.35. The number of para-hydroxylation sites is 1. The number of carbonyl (C=O) groups is 1. The third-order valence-corrected chi connectivity index (χ3v) is 3.33. The monoisotopic (exact) mass is 289 g/mol. The van der Waals surface area contributed by atoms with Crippen LogP contribution in [0.15, 0.2) is 24.3 Å². The maximum atomic E-state index is 11.7. The Labute approximate surface area is 118 Å². The number of rotatable bonds is 6. The molecule has 1 atom stereocenters. The molecule has 0 aliphatic heterocycles. The van der Waals surface area contributed by atoms with Crippen molar-refractivity contribution in [3.63, 3.8) is 0 Å². The summed E-state index contributed by atoms with van der Waals surface area (Å²) in [4.78, 5) is 13.4. The SMILES string of the molecule is CC(CCl)C(=O)N(C)CCOc1ccccc1Cl. The van der Waals surface area contributed by atoms with Crippen molar-refractivity contribution in [2.75, 3.05) is 26.1 Å². The standard InChI is InChI=1S/C13H17Cl2NO2/c1-10(9-14)13(17)16(2)7-8-18-12-6-4-3-5-11(12)15/h3-6,10H,7-9H2,1-2H3. The first-order valence-corrected chi connectivity index (χ1v) is 6.65. The van der Waals surface area contributed by atoms with E-state index in [0.29, 0.717) is 29.8 Å². The summed E-state index contributed by atoms with van der Waals surface area (Å²) in [5.74, 6) is 0.810. The van der Waals surface area contributed by atoms with Gasteiger partial charge in [0, 0.05) is 18.8 Å². The van der Waals surface area contributed by atoms with Crippen LogP contribution < -0.4 is 4.74 Å². The molecule has 18 heavy (non-hydrogen) atoms. The van der Waals surface area contributed by atoms with Gasteiger partial charge in [-0.05, 0) is 12.1 Å². The molecule has 0 saturated carbocycles. The molecule has 0 aromatic heterocycles. The summed E-state index contributed by atoms with van der Waals surface area (Å²) in [7, 11) is 1.74. The van der Waals surface area contributed by atoms with Gasteiger partial charge in [0.25, 0.3) is 0 Å². The van der Waals surface area contributed by atoms with Crippen LogP contribution in [0.4, 0.5) is 0 Å². The molecule has 1 aromatic carbocycles. The van der Waals surface area contributed by atoms with Crippen LogP contribution in [0.3, 0.4) is 0 Å². The minimum absolute atomic E-state index is 0.0211. The highest BCUT2D eigenvalue weighted by Crippen LogP contribution is 2.22. The summed E-state index contributed by atoms with van der Waals surface area (Å²) < 4.78 is 5.51. The Hall–Kier alpha value is -0.930. The van der Waals surface area contributed by atoms with E-state index in [1.54, 1.807) is 31.0 Å². The van der Waals surface area contributed by atoms with Crippen LogP contribution in [-0.4, -0.2) is 36.9 Å². The molecule has 0 spiro atoms. The molecule has 1 rings (SSSR count). The van der Waals surface area contributed by atoms with Crippen molar-refractivity contribution in [2.45, 2.75) is 6.92 Å². The Kier molecular flexibility index (Phi) is 6.30. The molecule has 0 bridgehead atoms. The van der Waals surface area contributed by atoms with Gasteiger partial charge in [-0.2, -0.15) is 0 Å². The molecular formula is C13H17Cl2NO2. The Morgan fingerprint density at radius 2 is 2.11 bits per heavy atom. The van der Waals surface area contributed by atoms with Crippen molar-refractivity contribution in [1.82, 2.24) is 4.90 Å². The summed E-state index contributed by atoms with van der Waals surface area (Å²) in [6, 6.07) is 7.26. The third-order valence-electron chi connectivity index (χ3n) is 2.55. The summed E-state index contributed by atoms with van der Waals surface area (Å²) >= 11 is 11.6. The van der Waals surface area contributed by atoms with E-state index in [9.17, 15) is 4.79 Å². The minimum atomic E-state index is -0.169. The lowest BCUT2D eigenvalue weighted by atomic mass is 10.2. The lowest BCUT2D eigenvalue weighted by molar-refractivity contribution is -0.133. The van der Waals surface area contributed by atoms with Crippen LogP contribution in [0, 0.1) is 5.92 Å². The zero-order valence-electron chi connectivity index (χ0n) is 10.5. The second kappa shape index (κ2) is 7.49. The second-order valence-corrected chi connectivity index (χ2v) is 4.81. The normalized spacial score (nSPS) is 12.0. The van der Waals surface area contributed by atoms with Crippen molar-refractivity contribution in [3.05, 3.63) is 29.3 Å². The van der Waals surface area contributed by atoms with Gasteiger partial charge in [0.05, 0.1) is 11.6 Å². The Morgan fingerprint density at radius 1 is 1.44 bits per heavy atom. The fourth-order valence-electron chi connectivity index (χ4n) is 1.41. The van der Waals surface area contributed by atoms with Crippen LogP contribution in [0.5, 0.6) is 5.75 Å². The number of likely N-dealkylation sites (N-methyl/N-ethyl adjacent to an activating group) is 1. The van der Waals surface area contributed by atoms with E-state index in [4.69, 9.17) is 27.9 Å². The molecule has 5 heteroatoms. The van der Waals surface area contributed by atoms with Gasteiger partial charge in [-0.15, -0.1) is 11.6 Å². The lowest BCUT2D eigenvalue weighted by Gasteiger charge is -2.20. The molecule has 1 aromatic rings. The summed E-state index contributed by atoms with van der Waals surface area (Å²) in [6.07, 6.45) is 0. The number of hydrogen-bond donors (Lipinski definition) is 0. The first kappa shape index (κ1) is 15.1. The molecule has 100 valence electrons. The average molecular weight is 290 g/mol. The van der Waals surface area contributed by atoms with Gasteiger partial charge >= 0.3 is 0 Å². The summed E-state index contributed by atoms with van der Waals surface area (Å²) in [5, 5.41) is 0.570. The molecule has 3 nitrogen and oxygen atoms in total.